The number of hydrogen-bond acceptors (Lipinski definition) is 1. The van der Waals surface area contributed by atoms with Gasteiger partial charge in [-0.1, -0.05) is 55.5 Å². The molecule has 1 aliphatic rings. The number of amides is 1. The fourth-order valence-electron chi connectivity index (χ4n) is 2.60. The second kappa shape index (κ2) is 4.30. The van der Waals surface area contributed by atoms with E-state index in [0.717, 1.165) is 5.69 Å². The molecular formula is C16H15NO. The van der Waals surface area contributed by atoms with Crippen LogP contribution in [0.1, 0.15) is 18.5 Å². The lowest BCUT2D eigenvalue weighted by atomic mass is 9.83. The number of carbonyl (C=O) groups is 1. The summed E-state index contributed by atoms with van der Waals surface area (Å²) in [5, 5.41) is 0. The van der Waals surface area contributed by atoms with Gasteiger partial charge in [-0.15, -0.1) is 0 Å². The molecule has 0 bridgehead atoms. The molecule has 18 heavy (non-hydrogen) atoms. The van der Waals surface area contributed by atoms with Crippen LogP contribution in [0.15, 0.2) is 60.7 Å². The summed E-state index contributed by atoms with van der Waals surface area (Å²) in [5.74, 6) is 0.266. The summed E-state index contributed by atoms with van der Waals surface area (Å²) >= 11 is 0. The largest absolute Gasteiger partial charge is 0.304 e. The summed E-state index contributed by atoms with van der Waals surface area (Å²) in [7, 11) is 0. The van der Waals surface area contributed by atoms with Crippen molar-refractivity contribution < 1.29 is 4.79 Å². The van der Waals surface area contributed by atoms with Crippen molar-refractivity contribution >= 4 is 11.6 Å². The van der Waals surface area contributed by atoms with Gasteiger partial charge in [0.25, 0.3) is 0 Å². The zero-order valence-corrected chi connectivity index (χ0v) is 10.3. The lowest BCUT2D eigenvalue weighted by Gasteiger charge is -2.46. The SMILES string of the molecule is C[C@@H]1C(=O)N(c2ccccc2)[C@@H]1c1ccccc1. The Morgan fingerprint density at radius 1 is 0.889 bits per heavy atom. The van der Waals surface area contributed by atoms with Crippen LogP contribution in [-0.2, 0) is 4.79 Å². The van der Waals surface area contributed by atoms with Gasteiger partial charge in [0, 0.05) is 5.69 Å². The first-order chi connectivity index (χ1) is 8.79. The third-order valence-electron chi connectivity index (χ3n) is 3.55. The quantitative estimate of drug-likeness (QED) is 0.733. The van der Waals surface area contributed by atoms with Gasteiger partial charge in [-0.2, -0.15) is 0 Å². The molecule has 2 aromatic carbocycles. The Labute approximate surface area is 107 Å². The molecule has 1 fully saturated rings. The molecule has 0 unspecified atom stereocenters. The second-order valence-corrected chi connectivity index (χ2v) is 4.69. The van der Waals surface area contributed by atoms with Crippen LogP contribution in [0.25, 0.3) is 0 Å². The lowest BCUT2D eigenvalue weighted by molar-refractivity contribution is -0.129. The van der Waals surface area contributed by atoms with Crippen LogP contribution in [0.4, 0.5) is 5.69 Å². The van der Waals surface area contributed by atoms with E-state index in [2.05, 4.69) is 12.1 Å². The van der Waals surface area contributed by atoms with Crippen LogP contribution in [0, 0.1) is 5.92 Å². The first-order valence-corrected chi connectivity index (χ1v) is 6.22. The van der Waals surface area contributed by atoms with E-state index in [1.807, 2.05) is 60.4 Å². The minimum Gasteiger partial charge on any atom is -0.304 e. The highest BCUT2D eigenvalue weighted by Crippen LogP contribution is 2.42. The van der Waals surface area contributed by atoms with E-state index >= 15 is 0 Å². The topological polar surface area (TPSA) is 20.3 Å². The molecule has 1 heterocycles. The number of rotatable bonds is 2. The number of nitrogens with zero attached hydrogens (tertiary/aromatic N) is 1. The smallest absolute Gasteiger partial charge is 0.232 e. The zero-order chi connectivity index (χ0) is 12.5. The van der Waals surface area contributed by atoms with Gasteiger partial charge >= 0.3 is 0 Å². The molecule has 1 saturated heterocycles. The number of hydrogen-bond donors (Lipinski definition) is 0. The van der Waals surface area contributed by atoms with E-state index < -0.39 is 0 Å². The Bertz CT molecular complexity index is 550. The number of anilines is 1. The fraction of sp³-hybridized carbons (Fsp3) is 0.188. The molecule has 0 N–H and O–H groups in total. The Morgan fingerprint density at radius 2 is 1.44 bits per heavy atom. The highest BCUT2D eigenvalue weighted by atomic mass is 16.2. The molecule has 2 atom stereocenters. The minimum atomic E-state index is 0.0626. The van der Waals surface area contributed by atoms with Gasteiger partial charge in [0.1, 0.15) is 0 Å². The molecule has 3 rings (SSSR count). The van der Waals surface area contributed by atoms with Crippen molar-refractivity contribution in [2.24, 2.45) is 5.92 Å². The van der Waals surface area contributed by atoms with E-state index in [1.54, 1.807) is 0 Å². The van der Waals surface area contributed by atoms with Crippen molar-refractivity contribution in [2.45, 2.75) is 13.0 Å². The molecule has 2 nitrogen and oxygen atoms in total. The normalized spacial score (nSPS) is 22.7. The standard InChI is InChI=1S/C16H15NO/c1-12-15(13-8-4-2-5-9-13)17(16(12)18)14-10-6-3-7-11-14/h2-12,15H,1H3/t12-,15-/m0/s1. The van der Waals surface area contributed by atoms with Crippen LogP contribution in [-0.4, -0.2) is 5.91 Å². The van der Waals surface area contributed by atoms with Crippen LogP contribution < -0.4 is 4.90 Å². The number of para-hydroxylation sites is 1. The molecule has 0 saturated carbocycles. The molecular weight excluding hydrogens is 222 g/mol. The minimum absolute atomic E-state index is 0.0626. The predicted octanol–water partition coefficient (Wildman–Crippen LogP) is 3.41. The first-order valence-electron chi connectivity index (χ1n) is 6.22. The second-order valence-electron chi connectivity index (χ2n) is 4.69. The van der Waals surface area contributed by atoms with Crippen molar-refractivity contribution in [3.8, 4) is 0 Å². The van der Waals surface area contributed by atoms with Gasteiger partial charge in [0.05, 0.1) is 12.0 Å². The maximum atomic E-state index is 12.1. The Balaban J connectivity index is 1.97. The van der Waals surface area contributed by atoms with Gasteiger partial charge in [0.2, 0.25) is 5.91 Å². The first kappa shape index (κ1) is 11.0. The molecule has 2 heteroatoms. The number of carbonyl (C=O) groups excluding carboxylic acids is 1. The van der Waals surface area contributed by atoms with Crippen LogP contribution in [0.5, 0.6) is 0 Å². The van der Waals surface area contributed by atoms with Gasteiger partial charge < -0.3 is 4.90 Å². The summed E-state index contributed by atoms with van der Waals surface area (Å²) in [6.45, 7) is 2.00. The predicted molar refractivity (Wildman–Crippen MR) is 72.3 cm³/mol. The van der Waals surface area contributed by atoms with E-state index in [-0.39, 0.29) is 17.9 Å². The lowest BCUT2D eigenvalue weighted by Crippen LogP contribution is -2.54. The summed E-state index contributed by atoms with van der Waals surface area (Å²) in [4.78, 5) is 14.0. The van der Waals surface area contributed by atoms with Gasteiger partial charge in [-0.3, -0.25) is 4.79 Å². The zero-order valence-electron chi connectivity index (χ0n) is 10.3. The van der Waals surface area contributed by atoms with E-state index in [0.29, 0.717) is 0 Å². The third-order valence-corrected chi connectivity index (χ3v) is 3.55. The Hall–Kier alpha value is -2.09. The third kappa shape index (κ3) is 1.61. The summed E-state index contributed by atoms with van der Waals surface area (Å²) in [6.07, 6.45) is 0. The average Bonchev–Trinajstić information content (AvgIpc) is 2.45. The average molecular weight is 237 g/mol. The number of benzene rings is 2. The van der Waals surface area contributed by atoms with Crippen LogP contribution >= 0.6 is 0 Å². The van der Waals surface area contributed by atoms with Gasteiger partial charge in [-0.05, 0) is 17.7 Å². The molecule has 90 valence electrons. The summed E-state index contributed by atoms with van der Waals surface area (Å²) in [6, 6.07) is 20.3. The van der Waals surface area contributed by atoms with Crippen molar-refractivity contribution in [2.75, 3.05) is 4.90 Å². The highest BCUT2D eigenvalue weighted by molar-refractivity contribution is 6.02. The van der Waals surface area contributed by atoms with Gasteiger partial charge in [-0.25, -0.2) is 0 Å². The molecule has 0 spiro atoms. The summed E-state index contributed by atoms with van der Waals surface area (Å²) < 4.78 is 0. The van der Waals surface area contributed by atoms with Crippen molar-refractivity contribution in [3.63, 3.8) is 0 Å². The van der Waals surface area contributed by atoms with Crippen molar-refractivity contribution in [3.05, 3.63) is 66.2 Å². The van der Waals surface area contributed by atoms with Gasteiger partial charge in [0.15, 0.2) is 0 Å². The molecule has 1 aliphatic heterocycles. The maximum absolute atomic E-state index is 12.1. The Morgan fingerprint density at radius 3 is 2.06 bits per heavy atom. The molecule has 0 aromatic heterocycles. The van der Waals surface area contributed by atoms with E-state index in [1.165, 1.54) is 5.56 Å². The van der Waals surface area contributed by atoms with Crippen LogP contribution in [0.2, 0.25) is 0 Å². The maximum Gasteiger partial charge on any atom is 0.232 e. The van der Waals surface area contributed by atoms with Crippen molar-refractivity contribution in [1.29, 1.82) is 0 Å². The number of β-lactam (4-membered cyclic amide) rings is 1. The molecule has 0 aliphatic carbocycles. The monoisotopic (exact) mass is 237 g/mol. The molecule has 2 aromatic rings. The van der Waals surface area contributed by atoms with E-state index in [9.17, 15) is 4.79 Å². The fourth-order valence-corrected chi connectivity index (χ4v) is 2.60. The highest BCUT2D eigenvalue weighted by Gasteiger charge is 2.45. The molecule has 0 radical (unpaired) electrons. The molecule has 1 amide bonds. The van der Waals surface area contributed by atoms with Crippen molar-refractivity contribution in [1.82, 2.24) is 0 Å². The summed E-state index contributed by atoms with van der Waals surface area (Å²) in [5.41, 5.74) is 2.18. The van der Waals surface area contributed by atoms with Crippen LogP contribution in [0.3, 0.4) is 0 Å². The Kier molecular flexibility index (Phi) is 2.63. The van der Waals surface area contributed by atoms with E-state index in [4.69, 9.17) is 0 Å².